The zero-order valence-corrected chi connectivity index (χ0v) is 12.4. The van der Waals surface area contributed by atoms with Crippen LogP contribution in [0.15, 0.2) is 54.7 Å². The predicted octanol–water partition coefficient (Wildman–Crippen LogP) is 4.31. The molecule has 0 saturated heterocycles. The Morgan fingerprint density at radius 2 is 1.67 bits per heavy atom. The van der Waals surface area contributed by atoms with Crippen molar-refractivity contribution in [3.05, 3.63) is 71.4 Å². The molecule has 0 spiro atoms. The number of benzene rings is 2. The number of anilines is 1. The average molecular weight is 277 g/mol. The lowest BCUT2D eigenvalue weighted by atomic mass is 10.0. The fourth-order valence-electron chi connectivity index (χ4n) is 2.50. The molecule has 1 aromatic heterocycles. The van der Waals surface area contributed by atoms with Gasteiger partial charge in [0.1, 0.15) is 0 Å². The average Bonchev–Trinajstić information content (AvgIpc) is 3.02. The Kier molecular flexibility index (Phi) is 3.73. The molecule has 0 aliphatic rings. The number of aryl methyl sites for hydroxylation is 2. The summed E-state index contributed by atoms with van der Waals surface area (Å²) in [5.41, 5.74) is 7.34. The molecule has 3 rings (SSSR count). The maximum absolute atomic E-state index is 3.98. The van der Waals surface area contributed by atoms with E-state index < -0.39 is 0 Å². The van der Waals surface area contributed by atoms with Crippen LogP contribution in [0.25, 0.3) is 11.3 Å². The van der Waals surface area contributed by atoms with Crippen LogP contribution < -0.4 is 5.32 Å². The lowest BCUT2D eigenvalue weighted by molar-refractivity contribution is 1.09. The van der Waals surface area contributed by atoms with Gasteiger partial charge in [-0.25, -0.2) is 0 Å². The largest absolute Gasteiger partial charge is 0.381 e. The van der Waals surface area contributed by atoms with Gasteiger partial charge in [0.25, 0.3) is 0 Å². The van der Waals surface area contributed by atoms with Crippen molar-refractivity contribution in [2.45, 2.75) is 20.4 Å². The first-order valence-corrected chi connectivity index (χ1v) is 7.13. The van der Waals surface area contributed by atoms with E-state index in [4.69, 9.17) is 0 Å². The van der Waals surface area contributed by atoms with E-state index in [1.807, 2.05) is 6.07 Å². The van der Waals surface area contributed by atoms with Gasteiger partial charge in [-0.15, -0.1) is 0 Å². The van der Waals surface area contributed by atoms with Crippen LogP contribution in [0.5, 0.6) is 0 Å². The van der Waals surface area contributed by atoms with Gasteiger partial charge in [0.15, 0.2) is 0 Å². The molecule has 0 unspecified atom stereocenters. The molecule has 0 bridgehead atoms. The fourth-order valence-corrected chi connectivity index (χ4v) is 2.50. The van der Waals surface area contributed by atoms with Crippen molar-refractivity contribution in [3.63, 3.8) is 0 Å². The van der Waals surface area contributed by atoms with Crippen molar-refractivity contribution in [2.24, 2.45) is 0 Å². The molecule has 3 nitrogen and oxygen atoms in total. The third-order valence-electron chi connectivity index (χ3n) is 3.81. The molecule has 21 heavy (non-hydrogen) atoms. The Hall–Kier alpha value is -2.55. The molecule has 2 N–H and O–H groups in total. The fraction of sp³-hybridized carbons (Fsp3) is 0.167. The highest BCUT2D eigenvalue weighted by molar-refractivity contribution is 5.62. The van der Waals surface area contributed by atoms with E-state index in [-0.39, 0.29) is 0 Å². The van der Waals surface area contributed by atoms with Gasteiger partial charge < -0.3 is 5.32 Å². The number of H-pyrrole nitrogens is 1. The molecule has 1 heterocycles. The van der Waals surface area contributed by atoms with Crippen molar-refractivity contribution < 1.29 is 0 Å². The number of nitrogens with zero attached hydrogens (tertiary/aromatic N) is 1. The lowest BCUT2D eigenvalue weighted by Gasteiger charge is -2.12. The molecule has 0 saturated carbocycles. The van der Waals surface area contributed by atoms with Gasteiger partial charge in [-0.2, -0.15) is 5.10 Å². The first-order chi connectivity index (χ1) is 10.2. The number of hydrogen-bond acceptors (Lipinski definition) is 2. The number of hydrogen-bond donors (Lipinski definition) is 2. The predicted molar refractivity (Wildman–Crippen MR) is 87.3 cm³/mol. The van der Waals surface area contributed by atoms with E-state index in [1.54, 1.807) is 6.20 Å². The molecule has 0 aliphatic heterocycles. The second kappa shape index (κ2) is 5.83. The smallest absolute Gasteiger partial charge is 0.0650 e. The van der Waals surface area contributed by atoms with Crippen molar-refractivity contribution in [1.29, 1.82) is 0 Å². The minimum atomic E-state index is 0.849. The standard InChI is InChI=1S/C18H19N3/c1-13-4-3-5-14(2)17(13)12-19-16-8-6-15(7-9-16)18-10-11-20-21-18/h3-11,19H,12H2,1-2H3,(H,20,21). The summed E-state index contributed by atoms with van der Waals surface area (Å²) < 4.78 is 0. The van der Waals surface area contributed by atoms with Gasteiger partial charge in [0.05, 0.1) is 5.69 Å². The highest BCUT2D eigenvalue weighted by atomic mass is 15.1. The van der Waals surface area contributed by atoms with Gasteiger partial charge in [-0.3, -0.25) is 5.10 Å². The van der Waals surface area contributed by atoms with Crippen molar-refractivity contribution >= 4 is 5.69 Å². The molecule has 0 amide bonds. The lowest BCUT2D eigenvalue weighted by Crippen LogP contribution is -2.03. The number of aromatic amines is 1. The van der Waals surface area contributed by atoms with E-state index in [2.05, 4.69) is 71.8 Å². The van der Waals surface area contributed by atoms with Crippen molar-refractivity contribution in [3.8, 4) is 11.3 Å². The Morgan fingerprint density at radius 1 is 0.952 bits per heavy atom. The molecule has 2 aromatic carbocycles. The maximum atomic E-state index is 3.98. The van der Waals surface area contributed by atoms with Gasteiger partial charge in [0, 0.05) is 18.4 Å². The van der Waals surface area contributed by atoms with Crippen LogP contribution in [-0.2, 0) is 6.54 Å². The minimum Gasteiger partial charge on any atom is -0.381 e. The quantitative estimate of drug-likeness (QED) is 0.746. The molecule has 0 radical (unpaired) electrons. The van der Waals surface area contributed by atoms with Crippen LogP contribution >= 0.6 is 0 Å². The Bertz CT molecular complexity index is 692. The highest BCUT2D eigenvalue weighted by Crippen LogP contribution is 2.20. The number of rotatable bonds is 4. The first-order valence-electron chi connectivity index (χ1n) is 7.13. The second-order valence-corrected chi connectivity index (χ2v) is 5.27. The van der Waals surface area contributed by atoms with E-state index in [0.29, 0.717) is 0 Å². The Morgan fingerprint density at radius 3 is 2.29 bits per heavy atom. The molecule has 0 aliphatic carbocycles. The second-order valence-electron chi connectivity index (χ2n) is 5.27. The molecule has 3 aromatic rings. The molecule has 0 fully saturated rings. The monoisotopic (exact) mass is 277 g/mol. The topological polar surface area (TPSA) is 40.7 Å². The van der Waals surface area contributed by atoms with Crippen LogP contribution in [0.3, 0.4) is 0 Å². The van der Waals surface area contributed by atoms with Crippen molar-refractivity contribution in [1.82, 2.24) is 10.2 Å². The minimum absolute atomic E-state index is 0.849. The highest BCUT2D eigenvalue weighted by Gasteiger charge is 2.03. The molecule has 0 atom stereocenters. The summed E-state index contributed by atoms with van der Waals surface area (Å²) >= 11 is 0. The zero-order chi connectivity index (χ0) is 14.7. The van der Waals surface area contributed by atoms with Gasteiger partial charge in [-0.05, 0) is 54.3 Å². The third kappa shape index (κ3) is 2.97. The van der Waals surface area contributed by atoms with Gasteiger partial charge in [-0.1, -0.05) is 30.3 Å². The van der Waals surface area contributed by atoms with Crippen LogP contribution in [0.4, 0.5) is 5.69 Å². The van der Waals surface area contributed by atoms with Crippen LogP contribution in [0, 0.1) is 13.8 Å². The van der Waals surface area contributed by atoms with E-state index in [1.165, 1.54) is 16.7 Å². The zero-order valence-electron chi connectivity index (χ0n) is 12.4. The van der Waals surface area contributed by atoms with Crippen molar-refractivity contribution in [2.75, 3.05) is 5.32 Å². The van der Waals surface area contributed by atoms with Crippen LogP contribution in [0.1, 0.15) is 16.7 Å². The molecular weight excluding hydrogens is 258 g/mol. The molecule has 106 valence electrons. The summed E-state index contributed by atoms with van der Waals surface area (Å²) in [6, 6.07) is 16.8. The summed E-state index contributed by atoms with van der Waals surface area (Å²) in [6.07, 6.45) is 1.77. The Labute approximate surface area is 125 Å². The maximum Gasteiger partial charge on any atom is 0.0650 e. The summed E-state index contributed by atoms with van der Waals surface area (Å²) in [7, 11) is 0. The first kappa shape index (κ1) is 13.4. The number of nitrogens with one attached hydrogen (secondary N) is 2. The third-order valence-corrected chi connectivity index (χ3v) is 3.81. The van der Waals surface area contributed by atoms with Crippen LogP contribution in [-0.4, -0.2) is 10.2 Å². The molecule has 3 heteroatoms. The van der Waals surface area contributed by atoms with E-state index in [9.17, 15) is 0 Å². The SMILES string of the molecule is Cc1cccc(C)c1CNc1ccc(-c2ccn[nH]2)cc1. The summed E-state index contributed by atoms with van der Waals surface area (Å²) in [5.74, 6) is 0. The van der Waals surface area contributed by atoms with Gasteiger partial charge in [0.2, 0.25) is 0 Å². The van der Waals surface area contributed by atoms with E-state index >= 15 is 0 Å². The molecular formula is C18H19N3. The van der Waals surface area contributed by atoms with Gasteiger partial charge >= 0.3 is 0 Å². The summed E-state index contributed by atoms with van der Waals surface area (Å²) in [4.78, 5) is 0. The summed E-state index contributed by atoms with van der Waals surface area (Å²) in [6.45, 7) is 5.17. The van der Waals surface area contributed by atoms with E-state index in [0.717, 1.165) is 23.5 Å². The normalized spacial score (nSPS) is 10.6. The summed E-state index contributed by atoms with van der Waals surface area (Å²) in [5, 5.41) is 10.4. The number of aromatic nitrogens is 2. The Balaban J connectivity index is 1.71. The van der Waals surface area contributed by atoms with Crippen LogP contribution in [0.2, 0.25) is 0 Å².